The first kappa shape index (κ1) is 15.5. The number of aliphatic hydroxyl groups excluding tert-OH is 3. The second-order valence-corrected chi connectivity index (χ2v) is 6.15. The minimum Gasteiger partial charge on any atom is -0.393 e. The second-order valence-electron chi connectivity index (χ2n) is 6.15. The third-order valence-corrected chi connectivity index (χ3v) is 4.70. The molecule has 1 aliphatic carbocycles. The van der Waals surface area contributed by atoms with Gasteiger partial charge >= 0.3 is 0 Å². The van der Waals surface area contributed by atoms with Gasteiger partial charge in [-0.15, -0.1) is 0 Å². The van der Waals surface area contributed by atoms with E-state index in [2.05, 4.69) is 12.1 Å². The highest BCUT2D eigenvalue weighted by Gasteiger charge is 2.38. The van der Waals surface area contributed by atoms with Crippen molar-refractivity contribution in [3.05, 3.63) is 35.9 Å². The smallest absolute Gasteiger partial charge is 0.0596 e. The van der Waals surface area contributed by atoms with Crippen LogP contribution in [-0.2, 0) is 6.42 Å². The van der Waals surface area contributed by atoms with E-state index in [9.17, 15) is 15.3 Å². The minimum atomic E-state index is -0.415. The molecule has 0 aliphatic heterocycles. The maximum absolute atomic E-state index is 10.1. The first-order valence-electron chi connectivity index (χ1n) is 7.66. The van der Waals surface area contributed by atoms with E-state index in [-0.39, 0.29) is 17.9 Å². The van der Waals surface area contributed by atoms with Crippen LogP contribution in [0.1, 0.15) is 38.2 Å². The molecule has 1 fully saturated rings. The molecule has 0 radical (unpaired) electrons. The summed E-state index contributed by atoms with van der Waals surface area (Å²) in [6.07, 6.45) is 2.47. The molecule has 1 aromatic rings. The zero-order valence-electron chi connectivity index (χ0n) is 12.2. The molecule has 3 heteroatoms. The van der Waals surface area contributed by atoms with Gasteiger partial charge in [0, 0.05) is 0 Å². The van der Waals surface area contributed by atoms with Crippen LogP contribution in [0.5, 0.6) is 0 Å². The zero-order chi connectivity index (χ0) is 14.5. The number of aliphatic hydroxyl groups is 3. The van der Waals surface area contributed by atoms with Crippen molar-refractivity contribution >= 4 is 0 Å². The van der Waals surface area contributed by atoms with Gasteiger partial charge in [0.05, 0.1) is 18.3 Å². The number of hydrogen-bond donors (Lipinski definition) is 3. The Morgan fingerprint density at radius 2 is 1.80 bits per heavy atom. The summed E-state index contributed by atoms with van der Waals surface area (Å²) >= 11 is 0. The van der Waals surface area contributed by atoms with Crippen molar-refractivity contribution in [2.45, 2.75) is 57.3 Å². The lowest BCUT2D eigenvalue weighted by Gasteiger charge is -2.21. The predicted molar refractivity (Wildman–Crippen MR) is 79.3 cm³/mol. The fraction of sp³-hybridized carbons (Fsp3) is 0.647. The van der Waals surface area contributed by atoms with Crippen molar-refractivity contribution in [3.63, 3.8) is 0 Å². The van der Waals surface area contributed by atoms with E-state index < -0.39 is 12.2 Å². The maximum Gasteiger partial charge on any atom is 0.0596 e. The van der Waals surface area contributed by atoms with E-state index in [4.69, 9.17) is 0 Å². The Kier molecular flexibility index (Phi) is 5.58. The van der Waals surface area contributed by atoms with Gasteiger partial charge in [0.2, 0.25) is 0 Å². The summed E-state index contributed by atoms with van der Waals surface area (Å²) in [5.41, 5.74) is 1.25. The van der Waals surface area contributed by atoms with Crippen molar-refractivity contribution in [1.29, 1.82) is 0 Å². The molecule has 2 rings (SSSR count). The van der Waals surface area contributed by atoms with Crippen molar-refractivity contribution in [1.82, 2.24) is 0 Å². The number of rotatable bonds is 6. The van der Waals surface area contributed by atoms with Gasteiger partial charge < -0.3 is 15.3 Å². The van der Waals surface area contributed by atoms with Gasteiger partial charge in [-0.25, -0.2) is 0 Å². The number of aryl methyl sites for hydroxylation is 1. The molecule has 1 saturated carbocycles. The van der Waals surface area contributed by atoms with Crippen LogP contribution in [0.4, 0.5) is 0 Å². The SMILES string of the molecule is C[C@@H]1[C@@H](CC[C@@H](O)CCc2ccccc2)[C@H](O)C[C@@H]1O. The topological polar surface area (TPSA) is 60.7 Å². The molecule has 0 unspecified atom stereocenters. The normalized spacial score (nSPS) is 31.4. The molecule has 0 bridgehead atoms. The fourth-order valence-corrected chi connectivity index (χ4v) is 3.24. The lowest BCUT2D eigenvalue weighted by Crippen LogP contribution is -2.21. The number of hydrogen-bond acceptors (Lipinski definition) is 3. The Bertz CT molecular complexity index is 392. The molecule has 1 aromatic carbocycles. The molecule has 0 heterocycles. The summed E-state index contributed by atoms with van der Waals surface area (Å²) < 4.78 is 0. The summed E-state index contributed by atoms with van der Waals surface area (Å²) in [4.78, 5) is 0. The monoisotopic (exact) mass is 278 g/mol. The summed E-state index contributed by atoms with van der Waals surface area (Å²) in [6, 6.07) is 10.2. The van der Waals surface area contributed by atoms with Crippen LogP contribution in [0, 0.1) is 11.8 Å². The molecule has 0 spiro atoms. The summed E-state index contributed by atoms with van der Waals surface area (Å²) in [5.74, 6) is 0.252. The third-order valence-electron chi connectivity index (χ3n) is 4.70. The molecular formula is C17H26O3. The molecule has 0 saturated heterocycles. The van der Waals surface area contributed by atoms with Crippen LogP contribution in [-0.4, -0.2) is 33.6 Å². The lowest BCUT2D eigenvalue weighted by molar-refractivity contribution is 0.0898. The molecule has 0 amide bonds. The highest BCUT2D eigenvalue weighted by atomic mass is 16.3. The van der Waals surface area contributed by atoms with E-state index in [0.29, 0.717) is 12.8 Å². The molecule has 20 heavy (non-hydrogen) atoms. The van der Waals surface area contributed by atoms with Crippen molar-refractivity contribution < 1.29 is 15.3 Å². The summed E-state index contributed by atoms with van der Waals surface area (Å²) in [7, 11) is 0. The summed E-state index contributed by atoms with van der Waals surface area (Å²) in [6.45, 7) is 1.99. The van der Waals surface area contributed by atoms with Crippen molar-refractivity contribution in [3.8, 4) is 0 Å². The van der Waals surface area contributed by atoms with Gasteiger partial charge in [0.25, 0.3) is 0 Å². The van der Waals surface area contributed by atoms with Gasteiger partial charge in [-0.1, -0.05) is 37.3 Å². The van der Waals surface area contributed by atoms with E-state index in [0.717, 1.165) is 19.3 Å². The molecule has 0 aromatic heterocycles. The molecule has 3 nitrogen and oxygen atoms in total. The molecule has 1 aliphatic rings. The first-order chi connectivity index (χ1) is 9.58. The predicted octanol–water partition coefficient (Wildman–Crippen LogP) is 2.14. The second kappa shape index (κ2) is 7.21. The average molecular weight is 278 g/mol. The van der Waals surface area contributed by atoms with Crippen LogP contribution in [0.15, 0.2) is 30.3 Å². The van der Waals surface area contributed by atoms with E-state index in [1.807, 2.05) is 25.1 Å². The Morgan fingerprint density at radius 3 is 2.40 bits per heavy atom. The van der Waals surface area contributed by atoms with Gasteiger partial charge in [-0.3, -0.25) is 0 Å². The van der Waals surface area contributed by atoms with Crippen LogP contribution < -0.4 is 0 Å². The van der Waals surface area contributed by atoms with Crippen LogP contribution >= 0.6 is 0 Å². The fourth-order valence-electron chi connectivity index (χ4n) is 3.24. The average Bonchev–Trinajstić information content (AvgIpc) is 2.69. The molecule has 5 atom stereocenters. The quantitative estimate of drug-likeness (QED) is 0.747. The third kappa shape index (κ3) is 4.05. The van der Waals surface area contributed by atoms with E-state index in [1.165, 1.54) is 5.56 Å². The van der Waals surface area contributed by atoms with Crippen LogP contribution in [0.25, 0.3) is 0 Å². The van der Waals surface area contributed by atoms with Gasteiger partial charge in [0.15, 0.2) is 0 Å². The standard InChI is InChI=1S/C17H26O3/c1-12-15(17(20)11-16(12)19)10-9-14(18)8-7-13-5-3-2-4-6-13/h2-6,12,14-20H,7-11H2,1H3/t12-,14+,15-,16+,17-/m1/s1. The Morgan fingerprint density at radius 1 is 1.10 bits per heavy atom. The van der Waals surface area contributed by atoms with E-state index >= 15 is 0 Å². The highest BCUT2D eigenvalue weighted by Crippen LogP contribution is 2.35. The Balaban J connectivity index is 1.71. The van der Waals surface area contributed by atoms with Gasteiger partial charge in [0.1, 0.15) is 0 Å². The first-order valence-corrected chi connectivity index (χ1v) is 7.66. The molecule has 3 N–H and O–H groups in total. The van der Waals surface area contributed by atoms with Gasteiger partial charge in [-0.2, -0.15) is 0 Å². The summed E-state index contributed by atoms with van der Waals surface area (Å²) in [5, 5.41) is 29.7. The largest absolute Gasteiger partial charge is 0.393 e. The van der Waals surface area contributed by atoms with E-state index in [1.54, 1.807) is 0 Å². The Hall–Kier alpha value is -0.900. The molecular weight excluding hydrogens is 252 g/mol. The Labute approximate surface area is 121 Å². The van der Waals surface area contributed by atoms with Crippen molar-refractivity contribution in [2.75, 3.05) is 0 Å². The van der Waals surface area contributed by atoms with Crippen LogP contribution in [0.2, 0.25) is 0 Å². The highest BCUT2D eigenvalue weighted by molar-refractivity contribution is 5.14. The van der Waals surface area contributed by atoms with Crippen LogP contribution in [0.3, 0.4) is 0 Å². The lowest BCUT2D eigenvalue weighted by atomic mass is 9.89. The zero-order valence-corrected chi connectivity index (χ0v) is 12.2. The number of benzene rings is 1. The molecule has 112 valence electrons. The van der Waals surface area contributed by atoms with Crippen molar-refractivity contribution in [2.24, 2.45) is 11.8 Å². The minimum absolute atomic E-state index is 0.122. The maximum atomic E-state index is 10.1. The van der Waals surface area contributed by atoms with Gasteiger partial charge in [-0.05, 0) is 49.5 Å².